The zero-order valence-corrected chi connectivity index (χ0v) is 8.24. The molecule has 2 heterocycles. The fourth-order valence-corrected chi connectivity index (χ4v) is 2.56. The second-order valence-electron chi connectivity index (χ2n) is 4.69. The summed E-state index contributed by atoms with van der Waals surface area (Å²) in [6.45, 7) is 2.41. The van der Waals surface area contributed by atoms with Crippen LogP contribution < -0.4 is 10.6 Å². The third-order valence-corrected chi connectivity index (χ3v) is 3.58. The van der Waals surface area contributed by atoms with Gasteiger partial charge in [-0.1, -0.05) is 6.42 Å². The molecule has 0 atom stereocenters. The Hall–Kier alpha value is -1.25. The van der Waals surface area contributed by atoms with E-state index in [4.69, 9.17) is 5.73 Å². The maximum absolute atomic E-state index is 5.70. The molecule has 14 heavy (non-hydrogen) atoms. The lowest BCUT2D eigenvalue weighted by Gasteiger charge is -2.56. The summed E-state index contributed by atoms with van der Waals surface area (Å²) in [4.78, 5) is 6.49. The van der Waals surface area contributed by atoms with Crippen LogP contribution >= 0.6 is 0 Å². The van der Waals surface area contributed by atoms with Gasteiger partial charge in [-0.25, -0.2) is 0 Å². The summed E-state index contributed by atoms with van der Waals surface area (Å²) in [5, 5.41) is 0. The Balaban J connectivity index is 1.73. The minimum absolute atomic E-state index is 0.671. The Morgan fingerprint density at radius 1 is 1.29 bits per heavy atom. The van der Waals surface area contributed by atoms with Crippen molar-refractivity contribution in [3.8, 4) is 0 Å². The largest absolute Gasteiger partial charge is 0.397 e. The molecule has 3 nitrogen and oxygen atoms in total. The van der Waals surface area contributed by atoms with Crippen LogP contribution in [0.3, 0.4) is 0 Å². The van der Waals surface area contributed by atoms with Gasteiger partial charge in [-0.3, -0.25) is 4.98 Å². The Labute approximate surface area is 83.9 Å². The third-order valence-electron chi connectivity index (χ3n) is 3.58. The fraction of sp³-hybridized carbons (Fsp3) is 0.545. The second kappa shape index (κ2) is 2.62. The van der Waals surface area contributed by atoms with Gasteiger partial charge in [-0.05, 0) is 18.9 Å². The lowest BCUT2D eigenvalue weighted by molar-refractivity contribution is 0.0904. The predicted molar refractivity (Wildman–Crippen MR) is 57.1 cm³/mol. The van der Waals surface area contributed by atoms with Crippen LogP contribution in [0.4, 0.5) is 11.4 Å². The molecule has 1 aromatic rings. The monoisotopic (exact) mass is 189 g/mol. The summed E-state index contributed by atoms with van der Waals surface area (Å²) >= 11 is 0. The number of nitrogens with two attached hydrogens (primary N) is 1. The first-order valence-electron chi connectivity index (χ1n) is 5.23. The molecule has 1 saturated carbocycles. The average Bonchev–Trinajstić information content (AvgIpc) is 1.98. The Morgan fingerprint density at radius 2 is 2.07 bits per heavy atom. The first-order chi connectivity index (χ1) is 6.77. The molecule has 0 unspecified atom stereocenters. The van der Waals surface area contributed by atoms with E-state index in [1.54, 1.807) is 6.20 Å². The van der Waals surface area contributed by atoms with Crippen molar-refractivity contribution < 1.29 is 0 Å². The molecule has 2 N–H and O–H groups in total. The van der Waals surface area contributed by atoms with E-state index in [-0.39, 0.29) is 0 Å². The van der Waals surface area contributed by atoms with Gasteiger partial charge in [-0.15, -0.1) is 0 Å². The molecule has 74 valence electrons. The average molecular weight is 189 g/mol. The molecule has 1 aromatic heterocycles. The fourth-order valence-electron chi connectivity index (χ4n) is 2.56. The van der Waals surface area contributed by atoms with Crippen LogP contribution in [-0.2, 0) is 0 Å². The number of anilines is 2. The molecule has 2 fully saturated rings. The predicted octanol–water partition coefficient (Wildman–Crippen LogP) is 1.65. The van der Waals surface area contributed by atoms with Crippen LogP contribution in [0.5, 0.6) is 0 Å². The molecule has 0 radical (unpaired) electrons. The van der Waals surface area contributed by atoms with Crippen molar-refractivity contribution in [1.82, 2.24) is 4.98 Å². The van der Waals surface area contributed by atoms with E-state index in [0.717, 1.165) is 5.69 Å². The number of nitrogens with zero attached hydrogens (tertiary/aromatic N) is 2. The Bertz CT molecular complexity index is 349. The highest BCUT2D eigenvalue weighted by Gasteiger charge is 2.47. The van der Waals surface area contributed by atoms with Crippen LogP contribution in [0.15, 0.2) is 18.5 Å². The number of hydrogen-bond donors (Lipinski definition) is 1. The van der Waals surface area contributed by atoms with E-state index in [2.05, 4.69) is 9.88 Å². The molecule has 1 spiro atoms. The van der Waals surface area contributed by atoms with E-state index in [1.165, 1.54) is 38.0 Å². The van der Waals surface area contributed by atoms with Crippen LogP contribution in [-0.4, -0.2) is 18.1 Å². The maximum Gasteiger partial charge on any atom is 0.0573 e. The number of aromatic nitrogens is 1. The van der Waals surface area contributed by atoms with Gasteiger partial charge in [0.2, 0.25) is 0 Å². The lowest BCUT2D eigenvalue weighted by atomic mass is 9.63. The molecule has 0 aromatic carbocycles. The molecule has 3 rings (SSSR count). The minimum atomic E-state index is 0.671. The molecule has 0 amide bonds. The molecule has 1 aliphatic carbocycles. The van der Waals surface area contributed by atoms with Crippen molar-refractivity contribution in [2.75, 3.05) is 23.7 Å². The Kier molecular flexibility index (Phi) is 1.52. The van der Waals surface area contributed by atoms with Crippen molar-refractivity contribution >= 4 is 11.4 Å². The number of pyridine rings is 1. The zero-order chi connectivity index (χ0) is 9.60. The summed E-state index contributed by atoms with van der Waals surface area (Å²) < 4.78 is 0. The molecule has 3 heteroatoms. The van der Waals surface area contributed by atoms with Crippen molar-refractivity contribution in [3.63, 3.8) is 0 Å². The van der Waals surface area contributed by atoms with Gasteiger partial charge in [0, 0.05) is 24.7 Å². The highest BCUT2D eigenvalue weighted by molar-refractivity contribution is 5.55. The molecular weight excluding hydrogens is 174 g/mol. The SMILES string of the molecule is Nc1cncc(N2CC3(CCC3)C2)c1. The quantitative estimate of drug-likeness (QED) is 0.730. The van der Waals surface area contributed by atoms with Gasteiger partial charge in [0.1, 0.15) is 0 Å². The van der Waals surface area contributed by atoms with E-state index in [9.17, 15) is 0 Å². The van der Waals surface area contributed by atoms with Gasteiger partial charge in [-0.2, -0.15) is 0 Å². The summed E-state index contributed by atoms with van der Waals surface area (Å²) in [7, 11) is 0. The van der Waals surface area contributed by atoms with Crippen LogP contribution in [0.2, 0.25) is 0 Å². The standard InChI is InChI=1S/C11H15N3/c12-9-4-10(6-13-5-9)14-7-11(8-14)2-1-3-11/h4-6H,1-3,7-8,12H2. The van der Waals surface area contributed by atoms with Crippen LogP contribution in [0.25, 0.3) is 0 Å². The Morgan fingerprint density at radius 3 is 2.64 bits per heavy atom. The first-order valence-corrected chi connectivity index (χ1v) is 5.23. The van der Waals surface area contributed by atoms with Crippen molar-refractivity contribution in [3.05, 3.63) is 18.5 Å². The van der Waals surface area contributed by atoms with Crippen molar-refractivity contribution in [2.24, 2.45) is 5.41 Å². The van der Waals surface area contributed by atoms with E-state index >= 15 is 0 Å². The third kappa shape index (κ3) is 1.08. The maximum atomic E-state index is 5.70. The van der Waals surface area contributed by atoms with Gasteiger partial charge >= 0.3 is 0 Å². The first kappa shape index (κ1) is 8.09. The minimum Gasteiger partial charge on any atom is -0.397 e. The zero-order valence-electron chi connectivity index (χ0n) is 8.24. The van der Waals surface area contributed by atoms with Crippen LogP contribution in [0.1, 0.15) is 19.3 Å². The number of nitrogen functional groups attached to an aromatic ring is 1. The summed E-state index contributed by atoms with van der Waals surface area (Å²) in [6.07, 6.45) is 7.85. The smallest absolute Gasteiger partial charge is 0.0573 e. The van der Waals surface area contributed by atoms with E-state index < -0.39 is 0 Å². The van der Waals surface area contributed by atoms with E-state index in [1.807, 2.05) is 12.3 Å². The second-order valence-corrected chi connectivity index (χ2v) is 4.69. The molecule has 1 aliphatic heterocycles. The summed E-state index contributed by atoms with van der Waals surface area (Å²) in [6, 6.07) is 2.01. The molecule has 2 aliphatic rings. The summed E-state index contributed by atoms with van der Waals surface area (Å²) in [5.74, 6) is 0. The summed E-state index contributed by atoms with van der Waals surface area (Å²) in [5.41, 5.74) is 8.32. The number of rotatable bonds is 1. The van der Waals surface area contributed by atoms with Gasteiger partial charge < -0.3 is 10.6 Å². The number of hydrogen-bond acceptors (Lipinski definition) is 3. The van der Waals surface area contributed by atoms with Crippen molar-refractivity contribution in [2.45, 2.75) is 19.3 Å². The topological polar surface area (TPSA) is 42.1 Å². The van der Waals surface area contributed by atoms with E-state index in [0.29, 0.717) is 5.41 Å². The highest BCUT2D eigenvalue weighted by atomic mass is 15.2. The van der Waals surface area contributed by atoms with Crippen LogP contribution in [0, 0.1) is 5.41 Å². The van der Waals surface area contributed by atoms with Crippen molar-refractivity contribution in [1.29, 1.82) is 0 Å². The molecule has 1 saturated heterocycles. The van der Waals surface area contributed by atoms with Gasteiger partial charge in [0.15, 0.2) is 0 Å². The molecular formula is C11H15N3. The van der Waals surface area contributed by atoms with Gasteiger partial charge in [0.05, 0.1) is 17.6 Å². The highest BCUT2D eigenvalue weighted by Crippen LogP contribution is 2.49. The molecule has 0 bridgehead atoms. The van der Waals surface area contributed by atoms with Gasteiger partial charge in [0.25, 0.3) is 0 Å². The lowest BCUT2D eigenvalue weighted by Crippen LogP contribution is -2.59. The normalized spacial score (nSPS) is 23.0.